The summed E-state index contributed by atoms with van der Waals surface area (Å²) < 4.78 is 2.69. The van der Waals surface area contributed by atoms with Crippen LogP contribution in [-0.4, -0.2) is 7.05 Å². The Balaban J connectivity index is 2.11. The number of rotatable bonds is 3. The molecule has 1 nitrogen and oxygen atoms in total. The van der Waals surface area contributed by atoms with Crippen molar-refractivity contribution in [2.24, 2.45) is 0 Å². The third-order valence-electron chi connectivity index (χ3n) is 3.03. The topological polar surface area (TPSA) is 12.0 Å². The Bertz CT molecular complexity index is 671. The maximum atomic E-state index is 3.44. The molecule has 1 unspecified atom stereocenters. The summed E-state index contributed by atoms with van der Waals surface area (Å²) in [6.07, 6.45) is 0. The van der Waals surface area contributed by atoms with Crippen LogP contribution in [-0.2, 0) is 0 Å². The van der Waals surface area contributed by atoms with Crippen LogP contribution >= 0.6 is 45.3 Å². The first-order valence-electron chi connectivity index (χ1n) is 5.67. The zero-order valence-corrected chi connectivity index (χ0v) is 13.6. The molecular formula is C14H12INS2. The van der Waals surface area contributed by atoms with Crippen molar-refractivity contribution in [3.63, 3.8) is 0 Å². The summed E-state index contributed by atoms with van der Waals surface area (Å²) >= 11 is 6.00. The van der Waals surface area contributed by atoms with Crippen molar-refractivity contribution in [2.75, 3.05) is 7.05 Å². The molecule has 0 saturated heterocycles. The molecule has 2 aromatic heterocycles. The molecule has 0 fully saturated rings. The van der Waals surface area contributed by atoms with Gasteiger partial charge in [0.05, 0.1) is 8.93 Å². The lowest BCUT2D eigenvalue weighted by atomic mass is 10.0. The summed E-state index contributed by atoms with van der Waals surface area (Å²) in [6, 6.07) is 11.2. The lowest BCUT2D eigenvalue weighted by molar-refractivity contribution is 0.701. The highest BCUT2D eigenvalue weighted by molar-refractivity contribution is 14.1. The number of halogens is 1. The van der Waals surface area contributed by atoms with E-state index in [1.807, 2.05) is 18.4 Å². The fourth-order valence-electron chi connectivity index (χ4n) is 2.20. The van der Waals surface area contributed by atoms with E-state index in [2.05, 4.69) is 69.0 Å². The van der Waals surface area contributed by atoms with Gasteiger partial charge in [0.25, 0.3) is 0 Å². The van der Waals surface area contributed by atoms with Gasteiger partial charge in [-0.25, -0.2) is 0 Å². The highest BCUT2D eigenvalue weighted by Gasteiger charge is 2.17. The maximum Gasteiger partial charge on any atom is 0.0656 e. The van der Waals surface area contributed by atoms with Crippen LogP contribution in [0.3, 0.4) is 0 Å². The Hall–Kier alpha value is -0.430. The van der Waals surface area contributed by atoms with Gasteiger partial charge in [-0.05, 0) is 69.0 Å². The summed E-state index contributed by atoms with van der Waals surface area (Å²) in [5.41, 5.74) is 2.74. The van der Waals surface area contributed by atoms with E-state index in [9.17, 15) is 0 Å². The molecule has 1 atom stereocenters. The molecule has 4 heteroatoms. The number of thiophene rings is 2. The van der Waals surface area contributed by atoms with Crippen molar-refractivity contribution in [3.8, 4) is 0 Å². The summed E-state index contributed by atoms with van der Waals surface area (Å²) in [5, 5.41) is 9.32. The number of hydrogen-bond donors (Lipinski definition) is 1. The lowest BCUT2D eigenvalue weighted by Gasteiger charge is -2.14. The van der Waals surface area contributed by atoms with Crippen molar-refractivity contribution in [2.45, 2.75) is 6.04 Å². The van der Waals surface area contributed by atoms with Gasteiger partial charge in [-0.1, -0.05) is 18.2 Å². The van der Waals surface area contributed by atoms with E-state index in [-0.39, 0.29) is 0 Å². The number of fused-ring (bicyclic) bond motifs is 1. The summed E-state index contributed by atoms with van der Waals surface area (Å²) in [5.74, 6) is 0. The van der Waals surface area contributed by atoms with E-state index < -0.39 is 0 Å². The molecule has 0 saturated carbocycles. The fourth-order valence-corrected chi connectivity index (χ4v) is 4.58. The molecule has 0 spiro atoms. The second kappa shape index (κ2) is 5.28. The van der Waals surface area contributed by atoms with Crippen LogP contribution in [0.25, 0.3) is 10.1 Å². The molecule has 0 aliphatic heterocycles. The van der Waals surface area contributed by atoms with Gasteiger partial charge in [0.15, 0.2) is 0 Å². The number of nitrogens with one attached hydrogen (secondary N) is 1. The molecular weight excluding hydrogens is 373 g/mol. The van der Waals surface area contributed by atoms with Crippen LogP contribution in [0.4, 0.5) is 0 Å². The van der Waals surface area contributed by atoms with Crippen LogP contribution in [0.15, 0.2) is 41.1 Å². The molecule has 1 N–H and O–H groups in total. The standard InChI is InChI=1S/C14H12INS2/c1-16-14(9-6-13(15)18-7-9)11-8-17-12-5-3-2-4-10(11)12/h2-8,14,16H,1H3. The van der Waals surface area contributed by atoms with Gasteiger partial charge in [-0.15, -0.1) is 22.7 Å². The Morgan fingerprint density at radius 3 is 2.72 bits per heavy atom. The Morgan fingerprint density at radius 1 is 1.17 bits per heavy atom. The van der Waals surface area contributed by atoms with Gasteiger partial charge in [-0.3, -0.25) is 0 Å². The molecule has 3 rings (SSSR count). The summed E-state index contributed by atoms with van der Waals surface area (Å²) in [4.78, 5) is 0. The van der Waals surface area contributed by atoms with Crippen molar-refractivity contribution in [3.05, 3.63) is 55.1 Å². The van der Waals surface area contributed by atoms with Gasteiger partial charge < -0.3 is 5.32 Å². The molecule has 18 heavy (non-hydrogen) atoms. The molecule has 0 aliphatic carbocycles. The smallest absolute Gasteiger partial charge is 0.0656 e. The van der Waals surface area contributed by atoms with E-state index in [1.165, 1.54) is 24.1 Å². The van der Waals surface area contributed by atoms with Crippen molar-refractivity contribution in [1.29, 1.82) is 0 Å². The second-order valence-electron chi connectivity index (χ2n) is 4.09. The highest BCUT2D eigenvalue weighted by Crippen LogP contribution is 2.34. The van der Waals surface area contributed by atoms with E-state index in [4.69, 9.17) is 0 Å². The number of hydrogen-bond acceptors (Lipinski definition) is 3. The van der Waals surface area contributed by atoms with E-state index in [0.29, 0.717) is 6.04 Å². The first kappa shape index (κ1) is 12.6. The minimum Gasteiger partial charge on any atom is -0.309 e. The second-order valence-corrected chi connectivity index (χ2v) is 7.81. The average molecular weight is 385 g/mol. The molecule has 3 aromatic rings. The summed E-state index contributed by atoms with van der Waals surface area (Å²) in [6.45, 7) is 0. The quantitative estimate of drug-likeness (QED) is 0.634. The van der Waals surface area contributed by atoms with Crippen LogP contribution < -0.4 is 5.32 Å². The Morgan fingerprint density at radius 2 is 2.00 bits per heavy atom. The Labute approximate surface area is 128 Å². The van der Waals surface area contributed by atoms with Crippen LogP contribution in [0.5, 0.6) is 0 Å². The van der Waals surface area contributed by atoms with Gasteiger partial charge in [0, 0.05) is 4.70 Å². The first-order valence-corrected chi connectivity index (χ1v) is 8.50. The molecule has 1 aromatic carbocycles. The molecule has 0 bridgehead atoms. The van der Waals surface area contributed by atoms with E-state index in [1.54, 1.807) is 11.3 Å². The molecule has 2 heterocycles. The Kier molecular flexibility index (Phi) is 3.70. The molecule has 0 aliphatic rings. The minimum atomic E-state index is 0.293. The monoisotopic (exact) mass is 385 g/mol. The van der Waals surface area contributed by atoms with Crippen LogP contribution in [0.2, 0.25) is 0 Å². The van der Waals surface area contributed by atoms with Crippen molar-refractivity contribution >= 4 is 55.4 Å². The SMILES string of the molecule is CNC(c1csc(I)c1)c1csc2ccccc12. The predicted molar refractivity (Wildman–Crippen MR) is 89.8 cm³/mol. The zero-order chi connectivity index (χ0) is 12.5. The lowest BCUT2D eigenvalue weighted by Crippen LogP contribution is -2.16. The third kappa shape index (κ3) is 2.22. The zero-order valence-electron chi connectivity index (χ0n) is 9.81. The molecule has 92 valence electrons. The van der Waals surface area contributed by atoms with Gasteiger partial charge in [-0.2, -0.15) is 0 Å². The van der Waals surface area contributed by atoms with Crippen LogP contribution in [0.1, 0.15) is 17.2 Å². The highest BCUT2D eigenvalue weighted by atomic mass is 127. The first-order chi connectivity index (χ1) is 8.79. The fraction of sp³-hybridized carbons (Fsp3) is 0.143. The van der Waals surface area contributed by atoms with Gasteiger partial charge >= 0.3 is 0 Å². The van der Waals surface area contributed by atoms with Gasteiger partial charge in [0.1, 0.15) is 0 Å². The maximum absolute atomic E-state index is 3.44. The molecule has 0 amide bonds. The van der Waals surface area contributed by atoms with Gasteiger partial charge in [0.2, 0.25) is 0 Å². The van der Waals surface area contributed by atoms with E-state index >= 15 is 0 Å². The number of benzene rings is 1. The minimum absolute atomic E-state index is 0.293. The third-order valence-corrected chi connectivity index (χ3v) is 5.82. The average Bonchev–Trinajstić information content (AvgIpc) is 2.98. The van der Waals surface area contributed by atoms with Crippen molar-refractivity contribution < 1.29 is 0 Å². The largest absolute Gasteiger partial charge is 0.309 e. The van der Waals surface area contributed by atoms with Crippen LogP contribution in [0, 0.1) is 2.88 Å². The predicted octanol–water partition coefficient (Wildman–Crippen LogP) is 4.88. The molecule has 0 radical (unpaired) electrons. The normalized spacial score (nSPS) is 13.0. The van der Waals surface area contributed by atoms with Crippen molar-refractivity contribution in [1.82, 2.24) is 5.32 Å². The van der Waals surface area contributed by atoms with E-state index in [0.717, 1.165) is 0 Å². The summed E-state index contributed by atoms with van der Waals surface area (Å²) in [7, 11) is 2.03.